The van der Waals surface area contributed by atoms with Crippen LogP contribution < -0.4 is 0 Å². The first-order valence-corrected chi connectivity index (χ1v) is 20.5. The van der Waals surface area contributed by atoms with E-state index in [0.717, 1.165) is 17.6 Å². The van der Waals surface area contributed by atoms with Crippen LogP contribution in [0.25, 0.3) is 0 Å². The van der Waals surface area contributed by atoms with E-state index >= 15 is 0 Å². The van der Waals surface area contributed by atoms with Gasteiger partial charge >= 0.3 is 5.97 Å². The lowest BCUT2D eigenvalue weighted by Crippen LogP contribution is -2.64. The molecule has 0 aromatic carbocycles. The van der Waals surface area contributed by atoms with E-state index in [0.29, 0.717) is 44.9 Å². The van der Waals surface area contributed by atoms with Crippen molar-refractivity contribution in [3.63, 3.8) is 0 Å². The van der Waals surface area contributed by atoms with Gasteiger partial charge in [-0.25, -0.2) is 4.79 Å². The van der Waals surface area contributed by atoms with E-state index in [-0.39, 0.29) is 43.1 Å². The summed E-state index contributed by atoms with van der Waals surface area (Å²) < 4.78 is 29.8. The van der Waals surface area contributed by atoms with E-state index < -0.39 is 77.8 Å². The summed E-state index contributed by atoms with van der Waals surface area (Å²) in [7, 11) is 4.66. The molecule has 56 heavy (non-hydrogen) atoms. The highest BCUT2D eigenvalue weighted by Crippen LogP contribution is 2.39. The zero-order valence-electron chi connectivity index (χ0n) is 34.8. The smallest absolute Gasteiger partial charge is 0.329 e. The van der Waals surface area contributed by atoms with Crippen molar-refractivity contribution in [3.05, 3.63) is 48.1 Å². The molecule has 314 valence electrons. The first-order chi connectivity index (χ1) is 26.6. The van der Waals surface area contributed by atoms with Gasteiger partial charge in [-0.1, -0.05) is 50.6 Å². The minimum Gasteiger partial charge on any atom is -0.456 e. The van der Waals surface area contributed by atoms with Crippen molar-refractivity contribution >= 4 is 23.4 Å². The van der Waals surface area contributed by atoms with Gasteiger partial charge in [0.1, 0.15) is 18.2 Å². The number of carbonyl (C=O) groups excluding carboxylic acids is 4. The van der Waals surface area contributed by atoms with E-state index in [2.05, 4.69) is 19.6 Å². The monoisotopic (exact) mass is 785 g/mol. The number of esters is 1. The molecule has 0 spiro atoms. The Morgan fingerprint density at radius 1 is 0.982 bits per heavy atom. The second-order valence-electron chi connectivity index (χ2n) is 16.8. The van der Waals surface area contributed by atoms with Gasteiger partial charge in [0, 0.05) is 45.6 Å². The molecule has 2 saturated heterocycles. The van der Waals surface area contributed by atoms with Crippen molar-refractivity contribution in [2.45, 2.75) is 147 Å². The standard InChI is InChI=1S/C44H67NO11/c1-10-13-32-21-26(2)20-27(3)22-37(53-8)40-38(54-9)24-30(6)44(51,56-40)41(48)42(49)45-19-12-11-14-33(45)43(50)55-39(28(4)15-17-34(32)46)29(5)23-31-16-18-35(47)36(25-31)52-7/h10,15,17,21,23,27-28,30-33,35-40,47,51H,1,11-14,16,18-20,22,24-25H2,2-9H3/b17-15+,26-21+,29-23?. The van der Waals surface area contributed by atoms with Gasteiger partial charge in [-0.05, 0) is 102 Å². The Balaban J connectivity index is 1.78. The molecule has 2 N–H and O–H groups in total. The third-order valence-corrected chi connectivity index (χ3v) is 12.4. The van der Waals surface area contributed by atoms with E-state index in [1.54, 1.807) is 32.3 Å². The maximum Gasteiger partial charge on any atom is 0.329 e. The fraction of sp³-hybridized carbons (Fsp3) is 0.727. The Morgan fingerprint density at radius 3 is 2.32 bits per heavy atom. The summed E-state index contributed by atoms with van der Waals surface area (Å²) in [4.78, 5) is 57.6. The highest BCUT2D eigenvalue weighted by Gasteiger charge is 2.56. The Bertz CT molecular complexity index is 1490. The van der Waals surface area contributed by atoms with Gasteiger partial charge in [0.15, 0.2) is 5.78 Å². The van der Waals surface area contributed by atoms with Gasteiger partial charge in [0.25, 0.3) is 11.7 Å². The van der Waals surface area contributed by atoms with E-state index in [9.17, 15) is 29.4 Å². The molecule has 2 bridgehead atoms. The van der Waals surface area contributed by atoms with E-state index in [1.807, 2.05) is 26.8 Å². The third kappa shape index (κ3) is 10.9. The first kappa shape index (κ1) is 45.7. The SMILES string of the molecule is C=CCC1/C=C(\C)CC(C)CC(OC)C2OC(O)(C(=O)C(=O)N3CCCCC3C(=O)OC(C(C)=CC3CCC(O)C(OC)C3)C(C)/C=C/C1=O)C(C)CC2OC. The van der Waals surface area contributed by atoms with Crippen LogP contribution in [0.5, 0.6) is 0 Å². The molecular weight excluding hydrogens is 718 g/mol. The molecule has 3 fully saturated rings. The number of allylic oxidation sites excluding steroid dienone is 5. The van der Waals surface area contributed by atoms with E-state index in [4.69, 9.17) is 23.7 Å². The number of rotatable bonds is 7. The molecule has 4 rings (SSSR count). The molecule has 13 unspecified atom stereocenters. The van der Waals surface area contributed by atoms with Gasteiger partial charge in [0.05, 0.1) is 24.4 Å². The van der Waals surface area contributed by atoms with Crippen LogP contribution in [0, 0.1) is 29.6 Å². The van der Waals surface area contributed by atoms with Gasteiger partial charge < -0.3 is 38.8 Å². The first-order valence-electron chi connectivity index (χ1n) is 20.5. The Labute approximate surface area is 333 Å². The normalized spacial score (nSPS) is 40.4. The highest BCUT2D eigenvalue weighted by atomic mass is 16.7. The lowest BCUT2D eigenvalue weighted by molar-refractivity contribution is -0.302. The fourth-order valence-corrected chi connectivity index (χ4v) is 9.12. The Hall–Kier alpha value is -3.00. The molecule has 1 amide bonds. The van der Waals surface area contributed by atoms with Gasteiger partial charge in [-0.3, -0.25) is 14.4 Å². The topological polar surface area (TPSA) is 158 Å². The quantitative estimate of drug-likeness (QED) is 0.192. The molecule has 12 heteroatoms. The predicted octanol–water partition coefficient (Wildman–Crippen LogP) is 5.44. The van der Waals surface area contributed by atoms with Crippen molar-refractivity contribution in [2.75, 3.05) is 27.9 Å². The summed E-state index contributed by atoms with van der Waals surface area (Å²) in [5, 5.41) is 22.4. The van der Waals surface area contributed by atoms with Crippen molar-refractivity contribution in [2.24, 2.45) is 29.6 Å². The summed E-state index contributed by atoms with van der Waals surface area (Å²) in [6.07, 6.45) is 10.5. The number of ketones is 2. The molecule has 1 aliphatic carbocycles. The number of hydrogen-bond donors (Lipinski definition) is 2. The molecule has 13 atom stereocenters. The number of methoxy groups -OCH3 is 3. The number of amides is 1. The van der Waals surface area contributed by atoms with Crippen molar-refractivity contribution in [1.29, 1.82) is 0 Å². The number of aliphatic hydroxyl groups is 2. The van der Waals surface area contributed by atoms with Gasteiger partial charge in [-0.15, -0.1) is 6.58 Å². The van der Waals surface area contributed by atoms with Crippen LogP contribution in [0.4, 0.5) is 0 Å². The maximum atomic E-state index is 14.3. The number of carbonyl (C=O) groups is 4. The van der Waals surface area contributed by atoms with Gasteiger partial charge in [-0.2, -0.15) is 0 Å². The summed E-state index contributed by atoms with van der Waals surface area (Å²) in [6, 6.07) is -1.08. The summed E-state index contributed by atoms with van der Waals surface area (Å²) in [6.45, 7) is 13.5. The number of piperidine rings is 1. The minimum atomic E-state index is -2.48. The maximum absolute atomic E-state index is 14.3. The van der Waals surface area contributed by atoms with Crippen LogP contribution in [0.3, 0.4) is 0 Å². The molecule has 1 saturated carbocycles. The van der Waals surface area contributed by atoms with Gasteiger partial charge in [0.2, 0.25) is 5.79 Å². The van der Waals surface area contributed by atoms with Crippen molar-refractivity contribution in [3.8, 4) is 0 Å². The number of nitrogens with zero attached hydrogens (tertiary/aromatic N) is 1. The third-order valence-electron chi connectivity index (χ3n) is 12.4. The molecule has 12 nitrogen and oxygen atoms in total. The molecule has 3 heterocycles. The average molecular weight is 786 g/mol. The Kier molecular flexibility index (Phi) is 16.8. The van der Waals surface area contributed by atoms with Crippen LogP contribution >= 0.6 is 0 Å². The number of Topliss-reactive ketones (excluding diaryl/α,β-unsaturated/α-hetero) is 1. The molecular formula is C44H67NO11. The highest BCUT2D eigenvalue weighted by molar-refractivity contribution is 6.39. The fourth-order valence-electron chi connectivity index (χ4n) is 9.12. The number of fused-ring (bicyclic) bond motifs is 3. The number of hydrogen-bond acceptors (Lipinski definition) is 11. The summed E-state index contributed by atoms with van der Waals surface area (Å²) in [5.74, 6) is -7.00. The second-order valence-corrected chi connectivity index (χ2v) is 16.8. The summed E-state index contributed by atoms with van der Waals surface area (Å²) >= 11 is 0. The molecule has 3 aliphatic heterocycles. The molecule has 4 aliphatic rings. The molecule has 0 aromatic rings. The van der Waals surface area contributed by atoms with Crippen LogP contribution in [0.1, 0.15) is 98.8 Å². The minimum absolute atomic E-state index is 0.0469. The predicted molar refractivity (Wildman–Crippen MR) is 211 cm³/mol. The zero-order valence-corrected chi connectivity index (χ0v) is 34.8. The number of ether oxygens (including phenoxy) is 5. The Morgan fingerprint density at radius 2 is 1.66 bits per heavy atom. The van der Waals surface area contributed by atoms with Crippen molar-refractivity contribution < 1.29 is 53.1 Å². The second kappa shape index (κ2) is 20.6. The van der Waals surface area contributed by atoms with Crippen LogP contribution in [-0.2, 0) is 42.9 Å². The van der Waals surface area contributed by atoms with Crippen molar-refractivity contribution in [1.82, 2.24) is 4.90 Å². The summed E-state index contributed by atoms with van der Waals surface area (Å²) in [5.41, 5.74) is 1.77. The number of aliphatic hydroxyl groups excluding tert-OH is 1. The van der Waals surface area contributed by atoms with E-state index in [1.165, 1.54) is 19.1 Å². The van der Waals surface area contributed by atoms with Crippen LogP contribution in [0.15, 0.2) is 48.1 Å². The average Bonchev–Trinajstić information content (AvgIpc) is 3.18. The molecule has 0 aromatic heterocycles. The number of cyclic esters (lactones) is 1. The lowest BCUT2D eigenvalue weighted by Gasteiger charge is -2.47. The van der Waals surface area contributed by atoms with Crippen LogP contribution in [0.2, 0.25) is 0 Å². The zero-order chi connectivity index (χ0) is 41.3. The molecule has 0 radical (unpaired) electrons. The van der Waals surface area contributed by atoms with Crippen LogP contribution in [-0.4, -0.2) is 115 Å². The lowest BCUT2D eigenvalue weighted by atomic mass is 9.82. The largest absolute Gasteiger partial charge is 0.456 e.